The fourth-order valence-electron chi connectivity index (χ4n) is 2.86. The van der Waals surface area contributed by atoms with E-state index in [1.54, 1.807) is 6.07 Å². The van der Waals surface area contributed by atoms with Crippen LogP contribution < -0.4 is 10.9 Å². The van der Waals surface area contributed by atoms with Gasteiger partial charge in [0, 0.05) is 11.8 Å². The first-order valence-electron chi connectivity index (χ1n) is 8.59. The number of aryl methyl sites for hydroxylation is 2. The van der Waals surface area contributed by atoms with E-state index in [2.05, 4.69) is 58.6 Å². The fourth-order valence-corrected chi connectivity index (χ4v) is 2.86. The molecule has 0 aliphatic heterocycles. The Morgan fingerprint density at radius 1 is 1.04 bits per heavy atom. The van der Waals surface area contributed by atoms with E-state index in [0.29, 0.717) is 12.4 Å². The summed E-state index contributed by atoms with van der Waals surface area (Å²) in [6.07, 6.45) is 0.747. The van der Waals surface area contributed by atoms with Gasteiger partial charge in [0.25, 0.3) is 5.56 Å². The highest BCUT2D eigenvalue weighted by Crippen LogP contribution is 2.22. The zero-order chi connectivity index (χ0) is 17.6. The van der Waals surface area contributed by atoms with Crippen molar-refractivity contribution in [2.24, 2.45) is 0 Å². The largest absolute Gasteiger partial charge is 0.309 e. The van der Waals surface area contributed by atoms with Gasteiger partial charge in [-0.15, -0.1) is 0 Å². The molecule has 2 N–H and O–H groups in total. The lowest BCUT2D eigenvalue weighted by molar-refractivity contribution is 0.583. The molecular weight excluding hydrogens is 310 g/mol. The minimum atomic E-state index is -0.102. The van der Waals surface area contributed by atoms with Gasteiger partial charge in [-0.05, 0) is 24.5 Å². The van der Waals surface area contributed by atoms with Crippen molar-refractivity contribution in [2.75, 3.05) is 0 Å². The van der Waals surface area contributed by atoms with Crippen molar-refractivity contribution in [1.82, 2.24) is 15.3 Å². The quantitative estimate of drug-likeness (QED) is 0.726. The van der Waals surface area contributed by atoms with Crippen molar-refractivity contribution in [3.05, 3.63) is 99.2 Å². The third-order valence-electron chi connectivity index (χ3n) is 4.22. The van der Waals surface area contributed by atoms with Crippen molar-refractivity contribution in [2.45, 2.75) is 32.9 Å². The molecule has 1 unspecified atom stereocenters. The van der Waals surface area contributed by atoms with Gasteiger partial charge >= 0.3 is 0 Å². The van der Waals surface area contributed by atoms with Crippen molar-refractivity contribution < 1.29 is 0 Å². The van der Waals surface area contributed by atoms with E-state index < -0.39 is 0 Å². The van der Waals surface area contributed by atoms with Crippen LogP contribution in [0.4, 0.5) is 0 Å². The smallest absolute Gasteiger partial charge is 0.251 e. The number of aromatic nitrogens is 2. The Kier molecular flexibility index (Phi) is 5.41. The van der Waals surface area contributed by atoms with Crippen molar-refractivity contribution >= 4 is 0 Å². The zero-order valence-electron chi connectivity index (χ0n) is 14.6. The molecule has 1 heterocycles. The van der Waals surface area contributed by atoms with Gasteiger partial charge in [-0.1, -0.05) is 67.1 Å². The summed E-state index contributed by atoms with van der Waals surface area (Å²) in [7, 11) is 0. The van der Waals surface area contributed by atoms with Gasteiger partial charge in [0.1, 0.15) is 5.82 Å². The van der Waals surface area contributed by atoms with E-state index in [1.807, 2.05) is 25.1 Å². The Balaban J connectivity index is 1.87. The van der Waals surface area contributed by atoms with E-state index in [4.69, 9.17) is 0 Å². The normalized spacial score (nSPS) is 12.1. The van der Waals surface area contributed by atoms with Crippen LogP contribution in [0.1, 0.15) is 41.2 Å². The highest BCUT2D eigenvalue weighted by molar-refractivity contribution is 5.33. The maximum Gasteiger partial charge on any atom is 0.251 e. The molecule has 0 aliphatic rings. The molecule has 3 aromatic rings. The van der Waals surface area contributed by atoms with Crippen LogP contribution >= 0.6 is 0 Å². The minimum Gasteiger partial charge on any atom is -0.309 e. The molecule has 0 spiro atoms. The summed E-state index contributed by atoms with van der Waals surface area (Å²) >= 11 is 0. The average molecular weight is 333 g/mol. The maximum absolute atomic E-state index is 11.8. The van der Waals surface area contributed by atoms with E-state index >= 15 is 0 Å². The zero-order valence-corrected chi connectivity index (χ0v) is 14.6. The van der Waals surface area contributed by atoms with Gasteiger partial charge in [-0.2, -0.15) is 0 Å². The molecule has 0 saturated carbocycles. The predicted molar refractivity (Wildman–Crippen MR) is 101 cm³/mol. The van der Waals surface area contributed by atoms with Crippen LogP contribution in [0.3, 0.4) is 0 Å². The van der Waals surface area contributed by atoms with E-state index in [1.165, 1.54) is 16.7 Å². The molecule has 0 aliphatic carbocycles. The number of nitrogens with one attached hydrogen (secondary N) is 2. The Morgan fingerprint density at radius 3 is 2.40 bits per heavy atom. The molecule has 1 aromatic heterocycles. The van der Waals surface area contributed by atoms with Gasteiger partial charge in [0.15, 0.2) is 0 Å². The van der Waals surface area contributed by atoms with Gasteiger partial charge in [-0.3, -0.25) is 10.1 Å². The predicted octanol–water partition coefficient (Wildman–Crippen LogP) is 3.52. The number of aromatic amines is 1. The van der Waals surface area contributed by atoms with Gasteiger partial charge in [0.2, 0.25) is 0 Å². The second-order valence-electron chi connectivity index (χ2n) is 6.17. The maximum atomic E-state index is 11.8. The SMILES string of the molecule is CCc1cc(=O)[nH]c(CNC(c2ccccc2)c2ccc(C)cc2)n1. The Morgan fingerprint density at radius 2 is 1.72 bits per heavy atom. The summed E-state index contributed by atoms with van der Waals surface area (Å²) in [5.41, 5.74) is 4.31. The van der Waals surface area contributed by atoms with Gasteiger partial charge in [0.05, 0.1) is 12.6 Å². The van der Waals surface area contributed by atoms with E-state index in [9.17, 15) is 4.79 Å². The Hall–Kier alpha value is -2.72. The van der Waals surface area contributed by atoms with Gasteiger partial charge < -0.3 is 4.98 Å². The molecule has 4 heteroatoms. The first-order chi connectivity index (χ1) is 12.2. The second-order valence-corrected chi connectivity index (χ2v) is 6.17. The number of hydrogen-bond donors (Lipinski definition) is 2. The number of nitrogens with zero attached hydrogens (tertiary/aromatic N) is 1. The lowest BCUT2D eigenvalue weighted by Gasteiger charge is -2.20. The van der Waals surface area contributed by atoms with Crippen LogP contribution in [0.2, 0.25) is 0 Å². The molecule has 0 fully saturated rings. The molecule has 1 atom stereocenters. The van der Waals surface area contributed by atoms with Gasteiger partial charge in [-0.25, -0.2) is 4.98 Å². The van der Waals surface area contributed by atoms with Crippen molar-refractivity contribution in [1.29, 1.82) is 0 Å². The van der Waals surface area contributed by atoms with Crippen LogP contribution in [-0.2, 0) is 13.0 Å². The minimum absolute atomic E-state index is 0.0392. The van der Waals surface area contributed by atoms with Crippen LogP contribution in [0.15, 0.2) is 65.5 Å². The number of benzene rings is 2. The Bertz CT molecular complexity index is 870. The van der Waals surface area contributed by atoms with E-state index in [0.717, 1.165) is 12.1 Å². The Labute approximate surface area is 148 Å². The van der Waals surface area contributed by atoms with Crippen LogP contribution in [0.25, 0.3) is 0 Å². The van der Waals surface area contributed by atoms with Crippen molar-refractivity contribution in [3.63, 3.8) is 0 Å². The third kappa shape index (κ3) is 4.43. The summed E-state index contributed by atoms with van der Waals surface area (Å²) in [4.78, 5) is 19.1. The molecule has 4 nitrogen and oxygen atoms in total. The molecule has 0 saturated heterocycles. The monoisotopic (exact) mass is 333 g/mol. The third-order valence-corrected chi connectivity index (χ3v) is 4.22. The standard InChI is InChI=1S/C21H23N3O/c1-3-18-13-20(25)24-19(23-18)14-22-21(16-7-5-4-6-8-16)17-11-9-15(2)10-12-17/h4-13,21-22H,3,14H2,1-2H3,(H,23,24,25). The fraction of sp³-hybridized carbons (Fsp3) is 0.238. The van der Waals surface area contributed by atoms with E-state index in [-0.39, 0.29) is 11.6 Å². The summed E-state index contributed by atoms with van der Waals surface area (Å²) in [6.45, 7) is 4.58. The molecule has 0 radical (unpaired) electrons. The average Bonchev–Trinajstić information content (AvgIpc) is 2.64. The first kappa shape index (κ1) is 17.1. The summed E-state index contributed by atoms with van der Waals surface area (Å²) in [5, 5.41) is 3.53. The number of rotatable bonds is 6. The van der Waals surface area contributed by atoms with Crippen LogP contribution in [0, 0.1) is 6.92 Å². The van der Waals surface area contributed by atoms with Crippen molar-refractivity contribution in [3.8, 4) is 0 Å². The molecule has 2 aromatic carbocycles. The molecule has 3 rings (SSSR count). The summed E-state index contributed by atoms with van der Waals surface area (Å²) in [5.74, 6) is 0.664. The number of hydrogen-bond acceptors (Lipinski definition) is 3. The summed E-state index contributed by atoms with van der Waals surface area (Å²) < 4.78 is 0. The second kappa shape index (κ2) is 7.90. The summed E-state index contributed by atoms with van der Waals surface area (Å²) in [6, 6.07) is 20.4. The molecule has 0 bridgehead atoms. The highest BCUT2D eigenvalue weighted by Gasteiger charge is 2.14. The van der Waals surface area contributed by atoms with Crippen LogP contribution in [0.5, 0.6) is 0 Å². The molecular formula is C21H23N3O. The molecule has 0 amide bonds. The molecule has 25 heavy (non-hydrogen) atoms. The topological polar surface area (TPSA) is 57.8 Å². The first-order valence-corrected chi connectivity index (χ1v) is 8.59. The molecule has 128 valence electrons. The number of H-pyrrole nitrogens is 1. The van der Waals surface area contributed by atoms with Crippen LogP contribution in [-0.4, -0.2) is 9.97 Å². The highest BCUT2D eigenvalue weighted by atomic mass is 16.1. The lowest BCUT2D eigenvalue weighted by atomic mass is 9.98. The lowest BCUT2D eigenvalue weighted by Crippen LogP contribution is -2.25.